The normalized spacial score (nSPS) is 46.8. The molecule has 59 heavy (non-hydrogen) atoms. The van der Waals surface area contributed by atoms with Gasteiger partial charge in [-0.3, -0.25) is 15.2 Å². The van der Waals surface area contributed by atoms with Gasteiger partial charge in [0.05, 0.1) is 32.0 Å². The Morgan fingerprint density at radius 2 is 0.898 bits per heavy atom. The standard InChI is InChI=1S/C18H34N3O7P.C11H20NO3P.C7H16N2O5/c22-7-13-15(23)16(24)14(17(25)28-13)19-9-21-29(26,27)20-8-18-4-10-1-11(5-18)3-12(2-10)6-18;13-16(14,15)12-7-11-4-8-1-9(5-11)3-10(2-8)6-11;8-2-9-4-6(12)5(11)3(1-10)14-7(4)13/h10-17,19,22-25H,1-9H2,(H3,20,21,26,27);8-10H,1-7H2,(H3,12,13,14,15);3-7,9-13H,1-2,8H2/t10?,11?,12?,13-,14?,15+,16-,17?,18?;;3-,4?,5+,6-,7?/m1.1/s1. The molecule has 344 valence electrons. The lowest BCUT2D eigenvalue weighted by molar-refractivity contribution is -0.254. The van der Waals surface area contributed by atoms with Crippen molar-refractivity contribution in [2.75, 3.05) is 39.6 Å². The minimum atomic E-state index is -4.04. The number of hydrogen-bond acceptors (Lipinski definition) is 15. The van der Waals surface area contributed by atoms with E-state index in [1.165, 1.54) is 57.8 Å². The lowest BCUT2D eigenvalue weighted by Gasteiger charge is -2.57. The molecular formula is C36H70N6O15P2. The maximum atomic E-state index is 12.5. The summed E-state index contributed by atoms with van der Waals surface area (Å²) in [6.45, 7) is -0.128. The highest BCUT2D eigenvalue weighted by Crippen LogP contribution is 2.61. The third kappa shape index (κ3) is 12.1. The Hall–Kier alpha value is -0.300. The van der Waals surface area contributed by atoms with Crippen LogP contribution in [0.2, 0.25) is 0 Å². The lowest BCUT2D eigenvalue weighted by atomic mass is 9.49. The molecule has 0 radical (unpaired) electrons. The van der Waals surface area contributed by atoms with E-state index in [0.717, 1.165) is 54.8 Å². The van der Waals surface area contributed by atoms with Gasteiger partial charge in [0.1, 0.15) is 36.6 Å². The smallest absolute Gasteiger partial charge is 0.394 e. The van der Waals surface area contributed by atoms with E-state index >= 15 is 0 Å². The van der Waals surface area contributed by atoms with E-state index in [1.807, 2.05) is 0 Å². The van der Waals surface area contributed by atoms with E-state index in [2.05, 4.69) is 25.9 Å². The fourth-order valence-corrected chi connectivity index (χ4v) is 14.2. The summed E-state index contributed by atoms with van der Waals surface area (Å²) in [7, 11) is -7.86. The monoisotopic (exact) mass is 888 g/mol. The molecule has 0 spiro atoms. The van der Waals surface area contributed by atoms with E-state index in [9.17, 15) is 44.7 Å². The van der Waals surface area contributed by atoms with E-state index in [4.69, 9.17) is 35.2 Å². The van der Waals surface area contributed by atoms with Crippen molar-refractivity contribution in [2.45, 2.75) is 138 Å². The first-order valence-electron chi connectivity index (χ1n) is 21.2. The summed E-state index contributed by atoms with van der Waals surface area (Å²) in [6, 6.07) is -1.92. The highest BCUT2D eigenvalue weighted by atomic mass is 31.2. The van der Waals surface area contributed by atoms with Crippen LogP contribution in [0, 0.1) is 46.3 Å². The van der Waals surface area contributed by atoms with Crippen molar-refractivity contribution in [2.24, 2.45) is 52.1 Å². The molecule has 2 saturated heterocycles. The van der Waals surface area contributed by atoms with Crippen LogP contribution in [0.1, 0.15) is 77.0 Å². The molecule has 21 nitrogen and oxygen atoms in total. The highest BCUT2D eigenvalue weighted by molar-refractivity contribution is 7.53. The van der Waals surface area contributed by atoms with Gasteiger partial charge >= 0.3 is 15.4 Å². The minimum absolute atomic E-state index is 0.0403. The first kappa shape index (κ1) is 48.2. The minimum Gasteiger partial charge on any atom is -0.394 e. The summed E-state index contributed by atoms with van der Waals surface area (Å²) in [6.07, 6.45) is 4.94. The van der Waals surface area contributed by atoms with Crippen LogP contribution in [-0.4, -0.2) is 156 Å². The summed E-state index contributed by atoms with van der Waals surface area (Å²) in [5.41, 5.74) is 5.50. The zero-order valence-electron chi connectivity index (χ0n) is 33.5. The molecule has 8 aliphatic carbocycles. The van der Waals surface area contributed by atoms with Gasteiger partial charge in [0.2, 0.25) is 0 Å². The van der Waals surface area contributed by atoms with E-state index in [-0.39, 0.29) is 24.2 Å². The van der Waals surface area contributed by atoms with Crippen molar-refractivity contribution in [1.82, 2.24) is 25.9 Å². The Labute approximate surface area is 345 Å². The Morgan fingerprint density at radius 1 is 0.542 bits per heavy atom. The van der Waals surface area contributed by atoms with Crippen molar-refractivity contribution in [1.29, 1.82) is 0 Å². The summed E-state index contributed by atoms with van der Waals surface area (Å²) < 4.78 is 33.4. The van der Waals surface area contributed by atoms with Gasteiger partial charge in [0, 0.05) is 19.8 Å². The predicted octanol–water partition coefficient (Wildman–Crippen LogP) is -2.99. The van der Waals surface area contributed by atoms with Crippen molar-refractivity contribution in [3.8, 4) is 0 Å². The van der Waals surface area contributed by atoms with Crippen molar-refractivity contribution < 1.29 is 74.1 Å². The zero-order valence-corrected chi connectivity index (χ0v) is 35.3. The zero-order chi connectivity index (χ0) is 42.9. The first-order chi connectivity index (χ1) is 27.8. The topological polar surface area (TPSA) is 361 Å². The molecule has 0 aromatic heterocycles. The Bertz CT molecular complexity index is 1400. The number of ether oxygens (including phenoxy) is 2. The molecule has 18 N–H and O–H groups in total. The average Bonchev–Trinajstić information content (AvgIpc) is 3.15. The quantitative estimate of drug-likeness (QED) is 0.0611. The number of aliphatic hydroxyl groups excluding tert-OH is 8. The molecule has 10 fully saturated rings. The molecule has 8 bridgehead atoms. The second-order valence-corrected chi connectivity index (χ2v) is 22.3. The van der Waals surface area contributed by atoms with E-state index in [1.54, 1.807) is 0 Å². The van der Waals surface area contributed by atoms with Gasteiger partial charge in [-0.1, -0.05) is 0 Å². The van der Waals surface area contributed by atoms with Gasteiger partial charge in [-0.15, -0.1) is 0 Å². The Balaban J connectivity index is 0.000000164. The summed E-state index contributed by atoms with van der Waals surface area (Å²) >= 11 is 0. The molecule has 11 atom stereocenters. The molecular weight excluding hydrogens is 818 g/mol. The highest BCUT2D eigenvalue weighted by Gasteiger charge is 2.52. The van der Waals surface area contributed by atoms with Crippen LogP contribution in [-0.2, 0) is 18.6 Å². The van der Waals surface area contributed by atoms with Gasteiger partial charge in [0.15, 0.2) is 12.6 Å². The van der Waals surface area contributed by atoms with Crippen LogP contribution in [0.15, 0.2) is 0 Å². The molecule has 0 aromatic carbocycles. The summed E-state index contributed by atoms with van der Waals surface area (Å²) in [5.74, 6) is 4.80. The van der Waals surface area contributed by atoms with E-state index in [0.29, 0.717) is 13.1 Å². The van der Waals surface area contributed by atoms with Crippen LogP contribution < -0.4 is 31.6 Å². The number of aliphatic hydroxyl groups is 8. The fraction of sp³-hybridized carbons (Fsp3) is 1.00. The van der Waals surface area contributed by atoms with Crippen LogP contribution >= 0.6 is 15.4 Å². The molecule has 10 aliphatic rings. The molecule has 8 saturated carbocycles. The summed E-state index contributed by atoms with van der Waals surface area (Å²) in [5, 5.41) is 89.1. The number of rotatable bonds is 14. The van der Waals surface area contributed by atoms with Gasteiger partial charge < -0.3 is 70.7 Å². The second kappa shape index (κ2) is 19.8. The van der Waals surface area contributed by atoms with Crippen molar-refractivity contribution in [3.63, 3.8) is 0 Å². The largest absolute Gasteiger partial charge is 0.400 e. The third-order valence-electron chi connectivity index (χ3n) is 14.4. The molecule has 0 amide bonds. The van der Waals surface area contributed by atoms with Gasteiger partial charge in [-0.05, 0) is 123 Å². The summed E-state index contributed by atoms with van der Waals surface area (Å²) in [4.78, 5) is 28.1. The molecule has 5 unspecified atom stereocenters. The maximum Gasteiger partial charge on any atom is 0.400 e. The maximum absolute atomic E-state index is 12.5. The SMILES string of the molecule is NCNC1C(O)O[C@H](CO)[C@H](O)[C@@H]1O.O=P(O)(NCNC1C(O)O[C@H](CO)[C@H](O)[C@@H]1O)NCC12CC3CC(CC(C3)C1)C2.O=P(O)(O)NCC12CC3CC(CC(C3)C1)C2. The van der Waals surface area contributed by atoms with Crippen LogP contribution in [0.4, 0.5) is 0 Å². The molecule has 2 aliphatic heterocycles. The molecule has 10 rings (SSSR count). The van der Waals surface area contributed by atoms with Crippen LogP contribution in [0.5, 0.6) is 0 Å². The number of nitrogens with one attached hydrogen (secondary N) is 5. The first-order valence-corrected chi connectivity index (χ1v) is 24.4. The third-order valence-corrected chi connectivity index (χ3v) is 16.2. The lowest BCUT2D eigenvalue weighted by Crippen LogP contribution is -2.64. The van der Waals surface area contributed by atoms with E-state index < -0.39 is 89.9 Å². The average molecular weight is 889 g/mol. The van der Waals surface area contributed by atoms with Crippen molar-refractivity contribution >= 4 is 15.4 Å². The molecule has 23 heteroatoms. The molecule has 2 heterocycles. The van der Waals surface area contributed by atoms with Gasteiger partial charge in [-0.25, -0.2) is 19.8 Å². The van der Waals surface area contributed by atoms with Gasteiger partial charge in [-0.2, -0.15) is 0 Å². The Morgan fingerprint density at radius 3 is 1.24 bits per heavy atom. The predicted molar refractivity (Wildman–Crippen MR) is 210 cm³/mol. The molecule has 0 aromatic rings. The van der Waals surface area contributed by atoms with Crippen molar-refractivity contribution in [3.05, 3.63) is 0 Å². The van der Waals surface area contributed by atoms with Gasteiger partial charge in [0.25, 0.3) is 0 Å². The number of hydrogen-bond donors (Lipinski definition) is 17. The Kier molecular flexibility index (Phi) is 16.2. The number of nitrogens with two attached hydrogens (primary N) is 1. The van der Waals surface area contributed by atoms with Crippen LogP contribution in [0.3, 0.4) is 0 Å². The van der Waals surface area contributed by atoms with Crippen LogP contribution in [0.25, 0.3) is 0 Å². The second-order valence-electron chi connectivity index (χ2n) is 19.1. The fourth-order valence-electron chi connectivity index (χ4n) is 12.7.